The third-order valence-corrected chi connectivity index (χ3v) is 13.7. The van der Waals surface area contributed by atoms with Crippen LogP contribution in [0, 0.1) is 0 Å². The number of carbonyl (C=O) groups excluding carboxylic acids is 12. The second kappa shape index (κ2) is 35.3. The first-order chi connectivity index (χ1) is 42.9. The molecule has 0 radical (unpaired) electrons. The van der Waals surface area contributed by atoms with Crippen molar-refractivity contribution < 1.29 is 131 Å². The van der Waals surface area contributed by atoms with Gasteiger partial charge in [-0.15, -0.1) is 0 Å². The Bertz CT molecular complexity index is 3260. The second-order valence-electron chi connectivity index (χ2n) is 22.5. The van der Waals surface area contributed by atoms with Gasteiger partial charge in [0.15, 0.2) is 11.4 Å². The van der Waals surface area contributed by atoms with Gasteiger partial charge in [0.1, 0.15) is 40.4 Å². The molecular formula is C58H78N13NaO21. The van der Waals surface area contributed by atoms with Crippen LogP contribution in [0.15, 0.2) is 36.4 Å². The zero-order valence-corrected chi connectivity index (χ0v) is 55.7. The Morgan fingerprint density at radius 2 is 1.00 bits per heavy atom. The number of carboxylic acid groups (broad SMARTS) is 1. The van der Waals surface area contributed by atoms with Crippen molar-refractivity contribution in [3.8, 4) is 0 Å². The van der Waals surface area contributed by atoms with Crippen LogP contribution in [0.25, 0.3) is 0 Å². The molecule has 5 saturated heterocycles. The van der Waals surface area contributed by atoms with Gasteiger partial charge >= 0.3 is 71.6 Å². The number of carboxylic acids is 1. The van der Waals surface area contributed by atoms with E-state index in [1.165, 1.54) is 32.4 Å². The molecule has 3 aromatic heterocycles. The molecule has 8 N–H and O–H groups in total. The molecule has 34 nitrogen and oxygen atoms in total. The third-order valence-electron chi connectivity index (χ3n) is 13.7. The van der Waals surface area contributed by atoms with Crippen LogP contribution in [-0.4, -0.2) is 246 Å². The number of nitrogens with one attached hydrogen (secondary N) is 3. The van der Waals surface area contributed by atoms with Crippen molar-refractivity contribution in [1.29, 1.82) is 0 Å². The van der Waals surface area contributed by atoms with Crippen LogP contribution in [0.1, 0.15) is 137 Å². The van der Waals surface area contributed by atoms with Crippen LogP contribution < -0.4 is 65.9 Å². The van der Waals surface area contributed by atoms with E-state index in [9.17, 15) is 67.4 Å². The van der Waals surface area contributed by atoms with E-state index in [-0.39, 0.29) is 93.9 Å². The van der Waals surface area contributed by atoms with Gasteiger partial charge in [-0.1, -0.05) is 0 Å². The maximum Gasteiger partial charge on any atom is 1.00 e. The number of nitrogens with zero attached hydrogens (tertiary/aromatic N) is 9. The fraction of sp³-hybridized carbons (Fsp3) is 0.517. The number of imide groups is 3. The molecule has 0 bridgehead atoms. The number of ether oxygens (including phenoxy) is 5. The monoisotopic (exact) mass is 1320 g/mol. The van der Waals surface area contributed by atoms with E-state index < -0.39 is 88.5 Å². The summed E-state index contributed by atoms with van der Waals surface area (Å²) in [7, 11) is 3.45. The SMILES string of the molecule is CC(=O)OC(=O)c1ccc(N2CCN(C(=O)OC(C)(C)C)CC2)nc1C(=O)O.CO.COC(=O)c1ccc(N2CCN(C(=O)OC(C)(C)C)CC2)nc1C(=O)OC.NC1CCC(=O)NC1=O.O=C1CCC(N2C(=O)c3ccc(N4CCNCC4)nc3C2=O)C(=O)N1.[Na+].[OH-]. The van der Waals surface area contributed by atoms with Gasteiger partial charge in [0.2, 0.25) is 23.6 Å². The Kier molecular flexibility index (Phi) is 29.8. The van der Waals surface area contributed by atoms with E-state index in [4.69, 9.17) is 25.1 Å². The molecule has 6 aliphatic heterocycles. The number of esters is 4. The minimum atomic E-state index is -1.41. The Morgan fingerprint density at radius 1 is 0.570 bits per heavy atom. The normalized spacial score (nSPS) is 17.7. The number of amides is 8. The van der Waals surface area contributed by atoms with Gasteiger partial charge in [0.05, 0.1) is 37.0 Å². The third kappa shape index (κ3) is 21.9. The van der Waals surface area contributed by atoms with Crippen molar-refractivity contribution in [2.24, 2.45) is 5.73 Å². The number of pyridine rings is 3. The Morgan fingerprint density at radius 3 is 1.43 bits per heavy atom. The van der Waals surface area contributed by atoms with Gasteiger partial charge in [-0.25, -0.2) is 43.7 Å². The molecule has 2 unspecified atom stereocenters. The fourth-order valence-corrected chi connectivity index (χ4v) is 9.29. The Labute approximate surface area is 557 Å². The number of piperidine rings is 2. The number of hydrogen-bond acceptors (Lipinski definition) is 28. The van der Waals surface area contributed by atoms with Crippen LogP contribution in [0.3, 0.4) is 0 Å². The zero-order valence-electron chi connectivity index (χ0n) is 53.7. The van der Waals surface area contributed by atoms with Gasteiger partial charge in [-0.05, 0) is 90.8 Å². The van der Waals surface area contributed by atoms with E-state index in [1.54, 1.807) is 53.7 Å². The molecule has 93 heavy (non-hydrogen) atoms. The number of aliphatic hydroxyl groups excluding tert-OH is 1. The van der Waals surface area contributed by atoms with Crippen molar-refractivity contribution in [2.75, 3.05) is 115 Å². The summed E-state index contributed by atoms with van der Waals surface area (Å²) >= 11 is 0. The van der Waals surface area contributed by atoms with Crippen LogP contribution in [-0.2, 0) is 47.7 Å². The van der Waals surface area contributed by atoms with E-state index in [0.29, 0.717) is 82.7 Å². The maximum atomic E-state index is 12.7. The predicted octanol–water partition coefficient (Wildman–Crippen LogP) is -2.67. The van der Waals surface area contributed by atoms with Crippen LogP contribution in [0.5, 0.6) is 0 Å². The number of aromatic carboxylic acids is 1. The minimum Gasteiger partial charge on any atom is -0.870 e. The number of carbonyl (C=O) groups is 13. The van der Waals surface area contributed by atoms with Crippen LogP contribution >= 0.6 is 0 Å². The zero-order chi connectivity index (χ0) is 67.7. The van der Waals surface area contributed by atoms with Crippen LogP contribution in [0.4, 0.5) is 27.0 Å². The molecule has 8 amide bonds. The number of nitrogens with two attached hydrogens (primary N) is 1. The fourth-order valence-electron chi connectivity index (χ4n) is 9.29. The molecule has 0 saturated carbocycles. The molecule has 0 aromatic carbocycles. The molecule has 0 spiro atoms. The molecule has 2 atom stereocenters. The smallest absolute Gasteiger partial charge is 0.870 e. The molecule has 9 heterocycles. The standard InChI is InChI=1S/C18H23N3O7.C18H25N3O6.C16H17N5O4.C5H8N2O2.CH4O.Na.H2O/c1-11(22)27-16(25)12-5-6-13(19-14(12)15(23)24)20-7-9-21(10-8-20)17(26)28-18(2,3)4;1-18(2,3)27-17(24)21-10-8-20(9-11-21)13-7-6-12(15(22)25-4)14(19-13)16(23)26-5;22-12-4-2-10(14(23)19-12)21-15(24)9-1-3-11(18-13(9)16(21)25)20-7-5-17-6-8-20;6-3-1-2-4(8)7-5(3)9;1-2;;/h5-6H,7-10H2,1-4H3,(H,23,24);6-7H,8-11H2,1-5H3;1,3,10,17H,2,4-8H2,(H,19,22,23);3H,1-2,6H2,(H,7,8,9);2H,1H3;;1H2/q;;;;;+1;/p-1. The first kappa shape index (κ1) is 78.4. The first-order valence-corrected chi connectivity index (χ1v) is 28.7. The second-order valence-corrected chi connectivity index (χ2v) is 22.5. The molecule has 5 fully saturated rings. The van der Waals surface area contributed by atoms with Crippen molar-refractivity contribution in [2.45, 2.75) is 97.4 Å². The number of anilines is 3. The number of aromatic nitrogens is 3. The van der Waals surface area contributed by atoms with Gasteiger partial charge < -0.3 is 74.9 Å². The topological polar surface area (TPSA) is 459 Å². The molecular weight excluding hydrogens is 1240 g/mol. The number of fused-ring (bicyclic) bond motifs is 1. The summed E-state index contributed by atoms with van der Waals surface area (Å²) < 4.78 is 24.5. The van der Waals surface area contributed by atoms with Gasteiger partial charge in [-0.3, -0.25) is 49.1 Å². The Hall–Kier alpha value is -8.80. The quantitative estimate of drug-likeness (QED) is 0.0440. The summed E-state index contributed by atoms with van der Waals surface area (Å²) in [5.41, 5.74) is 3.55. The van der Waals surface area contributed by atoms with Gasteiger partial charge in [0.25, 0.3) is 11.8 Å². The van der Waals surface area contributed by atoms with Crippen LogP contribution in [0.2, 0.25) is 0 Å². The van der Waals surface area contributed by atoms with Crippen molar-refractivity contribution in [1.82, 2.24) is 45.6 Å². The van der Waals surface area contributed by atoms with E-state index in [1.807, 2.05) is 30.6 Å². The van der Waals surface area contributed by atoms with Crippen molar-refractivity contribution >= 4 is 94.9 Å². The van der Waals surface area contributed by atoms with E-state index >= 15 is 0 Å². The average Bonchev–Trinajstić information content (AvgIpc) is 1.63. The molecule has 6 aliphatic rings. The molecule has 0 aliphatic carbocycles. The van der Waals surface area contributed by atoms with Crippen molar-refractivity contribution in [3.05, 3.63) is 70.2 Å². The molecule has 3 aromatic rings. The summed E-state index contributed by atoms with van der Waals surface area (Å²) in [6, 6.07) is 7.73. The molecule has 35 heteroatoms. The summed E-state index contributed by atoms with van der Waals surface area (Å²) in [6.45, 7) is 18.6. The van der Waals surface area contributed by atoms with Gasteiger partial charge in [-0.2, -0.15) is 0 Å². The van der Waals surface area contributed by atoms with E-state index in [0.717, 1.165) is 45.1 Å². The summed E-state index contributed by atoms with van der Waals surface area (Å²) in [4.78, 5) is 175. The van der Waals surface area contributed by atoms with Gasteiger partial charge in [0, 0.05) is 105 Å². The Balaban J connectivity index is 0.000000333. The average molecular weight is 1320 g/mol. The maximum absolute atomic E-state index is 12.7. The molecule has 9 rings (SSSR count). The number of aliphatic hydroxyl groups is 1. The molecule has 502 valence electrons. The first-order valence-electron chi connectivity index (χ1n) is 28.7. The summed E-state index contributed by atoms with van der Waals surface area (Å²) in [6.07, 6.45) is 0.321. The van der Waals surface area contributed by atoms with Crippen molar-refractivity contribution in [3.63, 3.8) is 0 Å². The summed E-state index contributed by atoms with van der Waals surface area (Å²) in [5.74, 6) is -5.89. The largest absolute Gasteiger partial charge is 1.00 e. The number of piperazine rings is 3. The number of hydrogen-bond donors (Lipinski definition) is 6. The predicted molar refractivity (Wildman–Crippen MR) is 321 cm³/mol. The minimum absolute atomic E-state index is 0. The van der Waals surface area contributed by atoms with E-state index in [2.05, 4.69) is 40.4 Å². The summed E-state index contributed by atoms with van der Waals surface area (Å²) in [5, 5.41) is 23.9. The number of rotatable bonds is 8. The number of methoxy groups -OCH3 is 2.